The zero-order chi connectivity index (χ0) is 8.65. The van der Waals surface area contributed by atoms with Gasteiger partial charge in [0.15, 0.2) is 0 Å². The molecule has 2 fully saturated rings. The largest absolute Gasteiger partial charge is 0.379 e. The maximum atomic E-state index is 5.01. The molecule has 1 N–H and O–H groups in total. The van der Waals surface area contributed by atoms with E-state index in [4.69, 9.17) is 4.74 Å². The first-order chi connectivity index (χ1) is 5.89. The third-order valence-corrected chi connectivity index (χ3v) is 2.49. The molecule has 1 saturated carbocycles. The maximum absolute atomic E-state index is 5.01. The Bertz CT molecular complexity index is 84.5. The molecule has 2 heteroatoms. The number of nitrogens with one attached hydrogen (secondary N) is 1. The second-order valence-corrected chi connectivity index (χ2v) is 3.75. The molecule has 12 heavy (non-hydrogen) atoms. The zero-order valence-electron chi connectivity index (χ0n) is 8.14. The van der Waals surface area contributed by atoms with Gasteiger partial charge < -0.3 is 10.1 Å². The standard InChI is InChI=1S/C6H12.C4H9NO/c1-6-4-2-3-5-6;1-3-6-4-2-5-1/h6H,2-5H2,1H3;5H,1-4H2. The van der Waals surface area contributed by atoms with Gasteiger partial charge in [0, 0.05) is 13.1 Å². The Kier molecular flexibility index (Phi) is 5.37. The summed E-state index contributed by atoms with van der Waals surface area (Å²) in [5.74, 6) is 1.05. The summed E-state index contributed by atoms with van der Waals surface area (Å²) in [6.45, 7) is 6.17. The minimum absolute atomic E-state index is 0.889. The summed E-state index contributed by atoms with van der Waals surface area (Å²) in [6, 6.07) is 0. The Morgan fingerprint density at radius 1 is 1.08 bits per heavy atom. The van der Waals surface area contributed by atoms with Gasteiger partial charge in [0.25, 0.3) is 0 Å². The molecule has 0 bridgehead atoms. The Morgan fingerprint density at radius 3 is 1.83 bits per heavy atom. The highest BCUT2D eigenvalue weighted by Gasteiger charge is 2.07. The average molecular weight is 171 g/mol. The Hall–Kier alpha value is -0.0800. The first-order valence-electron chi connectivity index (χ1n) is 5.18. The van der Waals surface area contributed by atoms with Crippen LogP contribution in [-0.2, 0) is 4.74 Å². The van der Waals surface area contributed by atoms with Crippen molar-refractivity contribution in [1.82, 2.24) is 5.32 Å². The van der Waals surface area contributed by atoms with Crippen LogP contribution in [0.25, 0.3) is 0 Å². The Morgan fingerprint density at radius 2 is 1.67 bits per heavy atom. The zero-order valence-corrected chi connectivity index (χ0v) is 8.14. The van der Waals surface area contributed by atoms with E-state index in [1.807, 2.05) is 0 Å². The van der Waals surface area contributed by atoms with Gasteiger partial charge in [-0.05, 0) is 5.92 Å². The van der Waals surface area contributed by atoms with Gasteiger partial charge >= 0.3 is 0 Å². The van der Waals surface area contributed by atoms with Crippen LogP contribution in [0.1, 0.15) is 32.6 Å². The molecule has 2 nitrogen and oxygen atoms in total. The molecule has 0 aromatic heterocycles. The number of morpholine rings is 1. The van der Waals surface area contributed by atoms with Crippen molar-refractivity contribution in [3.05, 3.63) is 0 Å². The van der Waals surface area contributed by atoms with Gasteiger partial charge in [0.1, 0.15) is 0 Å². The molecule has 0 aromatic carbocycles. The number of ether oxygens (including phenoxy) is 1. The number of hydrogen-bond donors (Lipinski definition) is 1. The summed E-state index contributed by atoms with van der Waals surface area (Å²) in [6.07, 6.45) is 5.95. The lowest BCUT2D eigenvalue weighted by molar-refractivity contribution is 0.109. The van der Waals surface area contributed by atoms with Crippen molar-refractivity contribution in [2.24, 2.45) is 5.92 Å². The van der Waals surface area contributed by atoms with E-state index < -0.39 is 0 Å². The van der Waals surface area contributed by atoms with Gasteiger partial charge in [-0.1, -0.05) is 32.6 Å². The SMILES string of the molecule is C1COCCN1.CC1CCCC1. The summed E-state index contributed by atoms with van der Waals surface area (Å²) >= 11 is 0. The van der Waals surface area contributed by atoms with E-state index in [1.54, 1.807) is 0 Å². The van der Waals surface area contributed by atoms with Crippen LogP contribution in [0.5, 0.6) is 0 Å². The number of hydrogen-bond acceptors (Lipinski definition) is 2. The van der Waals surface area contributed by atoms with Crippen LogP contribution in [0.3, 0.4) is 0 Å². The van der Waals surface area contributed by atoms with Crippen LogP contribution in [-0.4, -0.2) is 26.3 Å². The van der Waals surface area contributed by atoms with E-state index in [0.717, 1.165) is 32.2 Å². The fourth-order valence-corrected chi connectivity index (χ4v) is 1.65. The van der Waals surface area contributed by atoms with Crippen molar-refractivity contribution in [2.45, 2.75) is 32.6 Å². The minimum Gasteiger partial charge on any atom is -0.379 e. The molecule has 1 heterocycles. The topological polar surface area (TPSA) is 21.3 Å². The van der Waals surface area contributed by atoms with Crippen LogP contribution in [0.4, 0.5) is 0 Å². The fourth-order valence-electron chi connectivity index (χ4n) is 1.65. The normalized spacial score (nSPS) is 24.8. The summed E-state index contributed by atoms with van der Waals surface area (Å²) < 4.78 is 5.01. The molecule has 2 aliphatic rings. The molecule has 0 atom stereocenters. The smallest absolute Gasteiger partial charge is 0.0591 e. The average Bonchev–Trinajstić information content (AvgIpc) is 2.60. The van der Waals surface area contributed by atoms with Crippen molar-refractivity contribution >= 4 is 0 Å². The molecule has 1 aliphatic carbocycles. The predicted octanol–water partition coefficient (Wildman–Crippen LogP) is 1.80. The van der Waals surface area contributed by atoms with Gasteiger partial charge in [-0.2, -0.15) is 0 Å². The van der Waals surface area contributed by atoms with Crippen molar-refractivity contribution in [1.29, 1.82) is 0 Å². The lowest BCUT2D eigenvalue weighted by Gasteiger charge is -2.10. The molecule has 0 spiro atoms. The molecule has 0 aromatic rings. The van der Waals surface area contributed by atoms with Crippen LogP contribution in [0.2, 0.25) is 0 Å². The molecule has 0 amide bonds. The molecular weight excluding hydrogens is 150 g/mol. The third kappa shape index (κ3) is 4.73. The summed E-state index contributed by atoms with van der Waals surface area (Å²) in [5, 5.41) is 3.16. The van der Waals surface area contributed by atoms with E-state index >= 15 is 0 Å². The lowest BCUT2D eigenvalue weighted by Crippen LogP contribution is -2.30. The molecule has 2 rings (SSSR count). The monoisotopic (exact) mass is 171 g/mol. The van der Waals surface area contributed by atoms with Crippen molar-refractivity contribution in [3.8, 4) is 0 Å². The first kappa shape index (κ1) is 10.0. The van der Waals surface area contributed by atoms with Gasteiger partial charge in [0.05, 0.1) is 13.2 Å². The highest BCUT2D eigenvalue weighted by molar-refractivity contribution is 4.60. The van der Waals surface area contributed by atoms with Gasteiger partial charge in [-0.15, -0.1) is 0 Å². The van der Waals surface area contributed by atoms with Gasteiger partial charge in [0.2, 0.25) is 0 Å². The highest BCUT2D eigenvalue weighted by Crippen LogP contribution is 2.22. The van der Waals surface area contributed by atoms with Gasteiger partial charge in [-0.3, -0.25) is 0 Å². The Balaban J connectivity index is 0.000000120. The van der Waals surface area contributed by atoms with E-state index in [1.165, 1.54) is 25.7 Å². The number of rotatable bonds is 0. The molecule has 0 radical (unpaired) electrons. The van der Waals surface area contributed by atoms with Gasteiger partial charge in [-0.25, -0.2) is 0 Å². The Labute approximate surface area is 75.7 Å². The second-order valence-electron chi connectivity index (χ2n) is 3.75. The van der Waals surface area contributed by atoms with Crippen LogP contribution < -0.4 is 5.32 Å². The van der Waals surface area contributed by atoms with Crippen molar-refractivity contribution in [3.63, 3.8) is 0 Å². The first-order valence-corrected chi connectivity index (χ1v) is 5.18. The molecular formula is C10H21NO. The van der Waals surface area contributed by atoms with E-state index in [9.17, 15) is 0 Å². The van der Waals surface area contributed by atoms with E-state index in [-0.39, 0.29) is 0 Å². The van der Waals surface area contributed by atoms with Crippen LogP contribution in [0, 0.1) is 5.92 Å². The summed E-state index contributed by atoms with van der Waals surface area (Å²) in [5.41, 5.74) is 0. The van der Waals surface area contributed by atoms with Crippen molar-refractivity contribution in [2.75, 3.05) is 26.3 Å². The quantitative estimate of drug-likeness (QED) is 0.600. The molecule has 0 unspecified atom stereocenters. The second kappa shape index (κ2) is 6.44. The molecule has 1 aliphatic heterocycles. The summed E-state index contributed by atoms with van der Waals surface area (Å²) in [4.78, 5) is 0. The third-order valence-electron chi connectivity index (χ3n) is 2.49. The predicted molar refractivity (Wildman–Crippen MR) is 51.3 cm³/mol. The highest BCUT2D eigenvalue weighted by atomic mass is 16.5. The molecule has 72 valence electrons. The van der Waals surface area contributed by atoms with Crippen molar-refractivity contribution < 1.29 is 4.74 Å². The fraction of sp³-hybridized carbons (Fsp3) is 1.00. The lowest BCUT2D eigenvalue weighted by atomic mass is 10.2. The minimum atomic E-state index is 0.889. The van der Waals surface area contributed by atoms with Crippen LogP contribution >= 0.6 is 0 Å². The van der Waals surface area contributed by atoms with E-state index in [2.05, 4.69) is 12.2 Å². The van der Waals surface area contributed by atoms with E-state index in [0.29, 0.717) is 0 Å². The maximum Gasteiger partial charge on any atom is 0.0591 e. The van der Waals surface area contributed by atoms with Crippen LogP contribution in [0.15, 0.2) is 0 Å². The summed E-state index contributed by atoms with van der Waals surface area (Å²) in [7, 11) is 0. The molecule has 1 saturated heterocycles.